The first-order valence-corrected chi connectivity index (χ1v) is 12.6. The summed E-state index contributed by atoms with van der Waals surface area (Å²) >= 11 is 0. The van der Waals surface area contributed by atoms with Gasteiger partial charge in [0, 0.05) is 29.9 Å². The van der Waals surface area contributed by atoms with E-state index in [4.69, 9.17) is 0 Å². The summed E-state index contributed by atoms with van der Waals surface area (Å²) in [6.45, 7) is 9.81. The second-order valence-corrected chi connectivity index (χ2v) is 11.2. The average Bonchev–Trinajstić information content (AvgIpc) is 3.15. The van der Waals surface area contributed by atoms with Gasteiger partial charge in [0.25, 0.3) is 0 Å². The Bertz CT molecular complexity index is 1240. The number of piperidine rings is 1. The van der Waals surface area contributed by atoms with Crippen molar-refractivity contribution in [2.45, 2.75) is 51.0 Å². The van der Waals surface area contributed by atoms with Crippen LogP contribution in [0.2, 0.25) is 0 Å². The van der Waals surface area contributed by atoms with Crippen molar-refractivity contribution >= 4 is 17.4 Å². The first-order chi connectivity index (χ1) is 17.1. The van der Waals surface area contributed by atoms with Crippen molar-refractivity contribution < 1.29 is 13.6 Å². The molecule has 3 aromatic rings. The molecule has 1 N–H and O–H groups in total. The van der Waals surface area contributed by atoms with Gasteiger partial charge >= 0.3 is 6.03 Å². The third-order valence-corrected chi connectivity index (χ3v) is 7.66. The van der Waals surface area contributed by atoms with Crippen molar-refractivity contribution in [2.75, 3.05) is 29.9 Å². The maximum absolute atomic E-state index is 14.3. The Hall–Kier alpha value is -3.25. The first-order valence-electron chi connectivity index (χ1n) is 12.6. The summed E-state index contributed by atoms with van der Waals surface area (Å²) in [5.74, 6) is -0.638. The Labute approximate surface area is 211 Å². The number of hydrogen-bond acceptors (Lipinski definition) is 2. The van der Waals surface area contributed by atoms with Crippen LogP contribution in [0.3, 0.4) is 0 Å². The molecule has 2 aliphatic heterocycles. The van der Waals surface area contributed by atoms with Gasteiger partial charge in [0.15, 0.2) is 0 Å². The molecule has 0 aromatic heterocycles. The molecule has 0 bridgehead atoms. The van der Waals surface area contributed by atoms with Crippen LogP contribution in [-0.4, -0.2) is 30.6 Å². The van der Waals surface area contributed by atoms with Crippen LogP contribution in [0.4, 0.5) is 25.0 Å². The summed E-state index contributed by atoms with van der Waals surface area (Å²) in [6, 6.07) is 19.0. The lowest BCUT2D eigenvalue weighted by Crippen LogP contribution is -2.46. The van der Waals surface area contributed by atoms with Gasteiger partial charge in [-0.25, -0.2) is 13.6 Å². The van der Waals surface area contributed by atoms with E-state index in [-0.39, 0.29) is 28.5 Å². The number of urea groups is 1. The van der Waals surface area contributed by atoms with E-state index < -0.39 is 0 Å². The zero-order valence-electron chi connectivity index (χ0n) is 21.2. The van der Waals surface area contributed by atoms with Crippen LogP contribution in [0.25, 0.3) is 0 Å². The van der Waals surface area contributed by atoms with Crippen molar-refractivity contribution in [1.82, 2.24) is 4.90 Å². The van der Waals surface area contributed by atoms with Crippen LogP contribution >= 0.6 is 0 Å². The van der Waals surface area contributed by atoms with Gasteiger partial charge in [-0.05, 0) is 90.5 Å². The van der Waals surface area contributed by atoms with Crippen LogP contribution in [0, 0.1) is 11.6 Å². The van der Waals surface area contributed by atoms with E-state index in [1.54, 1.807) is 17.0 Å². The van der Waals surface area contributed by atoms with E-state index >= 15 is 0 Å². The van der Waals surface area contributed by atoms with Gasteiger partial charge in [0.2, 0.25) is 0 Å². The molecule has 1 fully saturated rings. The van der Waals surface area contributed by atoms with Crippen molar-refractivity contribution in [2.24, 2.45) is 0 Å². The maximum atomic E-state index is 14.3. The molecule has 3 aromatic carbocycles. The van der Waals surface area contributed by atoms with Crippen molar-refractivity contribution in [3.63, 3.8) is 0 Å². The fourth-order valence-electron chi connectivity index (χ4n) is 5.48. The summed E-state index contributed by atoms with van der Waals surface area (Å²) in [5.41, 5.74) is 4.66. The fraction of sp³-hybridized carbons (Fsp3) is 0.367. The highest BCUT2D eigenvalue weighted by molar-refractivity contribution is 6.03. The summed E-state index contributed by atoms with van der Waals surface area (Å²) in [6.07, 6.45) is 1.70. The van der Waals surface area contributed by atoms with Crippen molar-refractivity contribution in [3.05, 3.63) is 95.1 Å². The predicted molar refractivity (Wildman–Crippen MR) is 140 cm³/mol. The number of carbonyl (C=O) groups excluding carboxylic acids is 1. The van der Waals surface area contributed by atoms with Gasteiger partial charge in [-0.1, -0.05) is 45.0 Å². The largest absolute Gasteiger partial charge is 0.326 e. The predicted octanol–water partition coefficient (Wildman–Crippen LogP) is 6.85. The number of anilines is 2. The fourth-order valence-corrected chi connectivity index (χ4v) is 5.48. The third kappa shape index (κ3) is 4.87. The second kappa shape index (κ2) is 9.32. The highest BCUT2D eigenvalue weighted by Crippen LogP contribution is 2.47. The quantitative estimate of drug-likeness (QED) is 0.437. The van der Waals surface area contributed by atoms with E-state index in [9.17, 15) is 13.6 Å². The van der Waals surface area contributed by atoms with Crippen LogP contribution in [0.5, 0.6) is 0 Å². The molecule has 4 nitrogen and oxygen atoms in total. The number of likely N-dealkylation sites (tertiary alicyclic amines) is 1. The average molecular weight is 490 g/mol. The third-order valence-electron chi connectivity index (χ3n) is 7.66. The summed E-state index contributed by atoms with van der Waals surface area (Å²) in [5, 5.41) is 2.86. The van der Waals surface area contributed by atoms with Gasteiger partial charge in [0.05, 0.1) is 0 Å². The molecule has 2 amide bonds. The number of halogens is 2. The van der Waals surface area contributed by atoms with E-state index in [2.05, 4.69) is 55.3 Å². The molecule has 0 aliphatic carbocycles. The standard InChI is InChI=1S/C30H33F2N3O/c1-29(2,3)22-6-4-21(5-7-22)19-34-16-14-30(15-17-34)20-35(27-13-10-24(32)18-26(27)30)28(36)33-25-11-8-23(31)9-12-25/h4-13,18H,14-17,19-20H2,1-3H3,(H,33,36). The number of hydrogen-bond donors (Lipinski definition) is 1. The minimum atomic E-state index is -0.356. The Morgan fingerprint density at radius 3 is 2.19 bits per heavy atom. The van der Waals surface area contributed by atoms with Crippen molar-refractivity contribution in [3.8, 4) is 0 Å². The van der Waals surface area contributed by atoms with E-state index in [0.29, 0.717) is 12.2 Å². The second-order valence-electron chi connectivity index (χ2n) is 11.2. The van der Waals surface area contributed by atoms with Gasteiger partial charge < -0.3 is 5.32 Å². The molecule has 2 aliphatic rings. The van der Waals surface area contributed by atoms with E-state index in [0.717, 1.165) is 43.7 Å². The molecule has 188 valence electrons. The Morgan fingerprint density at radius 1 is 0.917 bits per heavy atom. The lowest BCUT2D eigenvalue weighted by molar-refractivity contribution is 0.160. The van der Waals surface area contributed by atoms with Gasteiger partial charge in [0.1, 0.15) is 11.6 Å². The normalized spacial score (nSPS) is 17.3. The van der Waals surface area contributed by atoms with Crippen LogP contribution in [0.1, 0.15) is 50.3 Å². The molecule has 36 heavy (non-hydrogen) atoms. The number of carbonyl (C=O) groups is 1. The number of fused-ring (bicyclic) bond motifs is 2. The molecule has 6 heteroatoms. The van der Waals surface area contributed by atoms with Gasteiger partial charge in [-0.15, -0.1) is 0 Å². The highest BCUT2D eigenvalue weighted by Gasteiger charge is 2.46. The molecule has 1 spiro atoms. The van der Waals surface area contributed by atoms with Crippen LogP contribution in [0.15, 0.2) is 66.7 Å². The number of rotatable bonds is 3. The zero-order valence-corrected chi connectivity index (χ0v) is 21.2. The minimum absolute atomic E-state index is 0.135. The molecule has 2 heterocycles. The van der Waals surface area contributed by atoms with Gasteiger partial charge in [-0.3, -0.25) is 9.80 Å². The highest BCUT2D eigenvalue weighted by atomic mass is 19.1. The van der Waals surface area contributed by atoms with Gasteiger partial charge in [-0.2, -0.15) is 0 Å². The smallest absolute Gasteiger partial charge is 0.308 e. The number of benzene rings is 3. The monoisotopic (exact) mass is 489 g/mol. The topological polar surface area (TPSA) is 35.6 Å². The van der Waals surface area contributed by atoms with Crippen molar-refractivity contribution in [1.29, 1.82) is 0 Å². The van der Waals surface area contributed by atoms with Crippen LogP contribution < -0.4 is 10.2 Å². The Morgan fingerprint density at radius 2 is 1.56 bits per heavy atom. The SMILES string of the molecule is CC(C)(C)c1ccc(CN2CCC3(CC2)CN(C(=O)Nc2ccc(F)cc2)c2ccc(F)cc23)cc1. The minimum Gasteiger partial charge on any atom is -0.308 e. The molecule has 0 unspecified atom stereocenters. The number of nitrogens with one attached hydrogen (secondary N) is 1. The molecule has 0 saturated carbocycles. The summed E-state index contributed by atoms with van der Waals surface area (Å²) in [4.78, 5) is 17.3. The Kier molecular flexibility index (Phi) is 6.33. The number of nitrogens with zero attached hydrogens (tertiary/aromatic N) is 2. The van der Waals surface area contributed by atoms with E-state index in [1.807, 2.05) is 0 Å². The lowest BCUT2D eigenvalue weighted by Gasteiger charge is -2.40. The van der Waals surface area contributed by atoms with Crippen LogP contribution in [-0.2, 0) is 17.4 Å². The summed E-state index contributed by atoms with van der Waals surface area (Å²) < 4.78 is 27.6. The molecule has 5 rings (SSSR count). The molecular weight excluding hydrogens is 456 g/mol. The number of amides is 2. The maximum Gasteiger partial charge on any atom is 0.326 e. The van der Waals surface area contributed by atoms with E-state index in [1.165, 1.54) is 41.5 Å². The first kappa shape index (κ1) is 24.4. The molecule has 1 saturated heterocycles. The molecule has 0 radical (unpaired) electrons. The molecular formula is C30H33F2N3O. The molecule has 0 atom stereocenters. The summed E-state index contributed by atoms with van der Waals surface area (Å²) in [7, 11) is 0. The lowest BCUT2D eigenvalue weighted by atomic mass is 9.74. The Balaban J connectivity index is 1.30. The zero-order chi connectivity index (χ0) is 25.5.